The van der Waals surface area contributed by atoms with Gasteiger partial charge in [-0.15, -0.1) is 0 Å². The second-order valence-corrected chi connectivity index (χ2v) is 1.37. The van der Waals surface area contributed by atoms with Gasteiger partial charge in [0.2, 0.25) is 0 Å². The zero-order chi connectivity index (χ0) is 5.70. The van der Waals surface area contributed by atoms with Crippen LogP contribution >= 0.6 is 0 Å². The van der Waals surface area contributed by atoms with Crippen LogP contribution in [0.5, 0.6) is 0 Å². The van der Waals surface area contributed by atoms with Crippen LogP contribution < -0.4 is 5.73 Å². The summed E-state index contributed by atoms with van der Waals surface area (Å²) in [4.78, 5) is 0. The molecule has 0 aromatic rings. The molecule has 0 amide bonds. The molecule has 0 aliphatic carbocycles. The van der Waals surface area contributed by atoms with E-state index in [-0.39, 0.29) is 0 Å². The minimum atomic E-state index is 0.980. The summed E-state index contributed by atoms with van der Waals surface area (Å²) in [5.74, 6) is 0. The molecular weight excluding hydrogens is 86.1 g/mol. The average Bonchev–Trinajstić information content (AvgIpc) is 1.68. The third kappa shape index (κ3) is 3.10. The van der Waals surface area contributed by atoms with Crippen LogP contribution in [0.1, 0.15) is 13.3 Å². The van der Waals surface area contributed by atoms with Gasteiger partial charge in [-0.3, -0.25) is 0 Å². The van der Waals surface area contributed by atoms with E-state index >= 15 is 0 Å². The molecule has 0 heterocycles. The average molecular weight is 97.2 g/mol. The Labute approximate surface area is 44.5 Å². The fourth-order valence-electron chi connectivity index (χ4n) is 0.254. The van der Waals surface area contributed by atoms with Crippen molar-refractivity contribution in [3.8, 4) is 0 Å². The smallest absolute Gasteiger partial charge is 0.00598 e. The Morgan fingerprint density at radius 1 is 1.86 bits per heavy atom. The normalized spacial score (nSPS) is 9.86. The molecule has 0 bridgehead atoms. The lowest BCUT2D eigenvalue weighted by Crippen LogP contribution is -1.77. The van der Waals surface area contributed by atoms with Crippen LogP contribution in [0.4, 0.5) is 0 Å². The molecule has 0 aromatic carbocycles. The molecule has 0 saturated heterocycles. The van der Waals surface area contributed by atoms with E-state index in [1.165, 1.54) is 6.20 Å². The lowest BCUT2D eigenvalue weighted by molar-refractivity contribution is 1.16. The second kappa shape index (κ2) is 3.47. The van der Waals surface area contributed by atoms with Crippen molar-refractivity contribution in [3.63, 3.8) is 0 Å². The molecule has 2 N–H and O–H groups in total. The van der Waals surface area contributed by atoms with E-state index in [4.69, 9.17) is 5.73 Å². The second-order valence-electron chi connectivity index (χ2n) is 1.37. The molecule has 40 valence electrons. The van der Waals surface area contributed by atoms with Gasteiger partial charge in [-0.1, -0.05) is 19.1 Å². The summed E-state index contributed by atoms with van der Waals surface area (Å²) in [6.45, 7) is 5.74. The maximum Gasteiger partial charge on any atom is -0.00598 e. The highest BCUT2D eigenvalue weighted by atomic mass is 14.5. The summed E-state index contributed by atoms with van der Waals surface area (Å²) >= 11 is 0. The highest BCUT2D eigenvalue weighted by Crippen LogP contribution is 1.94. The summed E-state index contributed by atoms with van der Waals surface area (Å²) in [6.07, 6.45) is 4.29. The number of nitrogens with two attached hydrogens (primary N) is 1. The van der Waals surface area contributed by atoms with Gasteiger partial charge in [0.1, 0.15) is 0 Å². The van der Waals surface area contributed by atoms with Gasteiger partial charge in [0.05, 0.1) is 0 Å². The van der Waals surface area contributed by atoms with E-state index in [0.29, 0.717) is 0 Å². The number of rotatable bonds is 2. The number of hydrogen-bond donors (Lipinski definition) is 1. The minimum absolute atomic E-state index is 0.980. The minimum Gasteiger partial charge on any atom is -0.405 e. The predicted molar refractivity (Wildman–Crippen MR) is 32.8 cm³/mol. The first-order valence-corrected chi connectivity index (χ1v) is 2.37. The fourth-order valence-corrected chi connectivity index (χ4v) is 0.254. The van der Waals surface area contributed by atoms with Crippen LogP contribution in [0.25, 0.3) is 0 Å². The highest BCUT2D eigenvalue weighted by molar-refractivity contribution is 5.11. The Morgan fingerprint density at radius 3 is 2.57 bits per heavy atom. The molecule has 0 aromatic heterocycles. The number of hydrogen-bond acceptors (Lipinski definition) is 1. The zero-order valence-corrected chi connectivity index (χ0v) is 4.65. The third-order valence-corrected chi connectivity index (χ3v) is 0.786. The first-order valence-electron chi connectivity index (χ1n) is 2.37. The quantitative estimate of drug-likeness (QED) is 0.518. The SMILES string of the molecule is C=C(/C=C/N)CC. The summed E-state index contributed by atoms with van der Waals surface area (Å²) in [6, 6.07) is 0. The molecule has 0 spiro atoms. The Kier molecular flexibility index (Phi) is 3.11. The van der Waals surface area contributed by atoms with Crippen LogP contribution in [-0.2, 0) is 0 Å². The van der Waals surface area contributed by atoms with Crippen molar-refractivity contribution in [2.75, 3.05) is 0 Å². The van der Waals surface area contributed by atoms with E-state index in [1.807, 2.05) is 6.92 Å². The zero-order valence-electron chi connectivity index (χ0n) is 4.65. The van der Waals surface area contributed by atoms with E-state index < -0.39 is 0 Å². The van der Waals surface area contributed by atoms with E-state index in [1.54, 1.807) is 6.08 Å². The molecule has 0 radical (unpaired) electrons. The molecule has 1 nitrogen and oxygen atoms in total. The molecule has 1 heteroatoms. The lowest BCUT2D eigenvalue weighted by atomic mass is 10.2. The van der Waals surface area contributed by atoms with Crippen LogP contribution in [0.15, 0.2) is 24.4 Å². The molecule has 0 rings (SSSR count). The van der Waals surface area contributed by atoms with Gasteiger partial charge in [0.25, 0.3) is 0 Å². The van der Waals surface area contributed by atoms with Gasteiger partial charge < -0.3 is 5.73 Å². The summed E-state index contributed by atoms with van der Waals surface area (Å²) in [5.41, 5.74) is 6.14. The van der Waals surface area contributed by atoms with Gasteiger partial charge >= 0.3 is 0 Å². The maximum absolute atomic E-state index is 5.06. The van der Waals surface area contributed by atoms with Gasteiger partial charge in [-0.25, -0.2) is 0 Å². The highest BCUT2D eigenvalue weighted by Gasteiger charge is 1.75. The molecule has 0 unspecified atom stereocenters. The summed E-state index contributed by atoms with van der Waals surface area (Å²) in [5, 5.41) is 0. The predicted octanol–water partition coefficient (Wildman–Crippen LogP) is 1.43. The van der Waals surface area contributed by atoms with Crippen LogP contribution in [-0.4, -0.2) is 0 Å². The topological polar surface area (TPSA) is 26.0 Å². The molecule has 7 heavy (non-hydrogen) atoms. The first kappa shape index (κ1) is 6.28. The van der Waals surface area contributed by atoms with Crippen molar-refractivity contribution >= 4 is 0 Å². The number of allylic oxidation sites excluding steroid dienone is 2. The van der Waals surface area contributed by atoms with Crippen molar-refractivity contribution in [1.82, 2.24) is 0 Å². The van der Waals surface area contributed by atoms with Crippen molar-refractivity contribution in [2.45, 2.75) is 13.3 Å². The Hall–Kier alpha value is -0.720. The van der Waals surface area contributed by atoms with Gasteiger partial charge in [-0.05, 0) is 18.7 Å². The molecule has 0 fully saturated rings. The van der Waals surface area contributed by atoms with Crippen molar-refractivity contribution in [1.29, 1.82) is 0 Å². The molecular formula is C6H11N. The third-order valence-electron chi connectivity index (χ3n) is 0.786. The monoisotopic (exact) mass is 97.1 g/mol. The lowest BCUT2D eigenvalue weighted by Gasteiger charge is -1.85. The van der Waals surface area contributed by atoms with E-state index in [2.05, 4.69) is 6.58 Å². The van der Waals surface area contributed by atoms with Crippen LogP contribution in [0.2, 0.25) is 0 Å². The summed E-state index contributed by atoms with van der Waals surface area (Å²) < 4.78 is 0. The largest absolute Gasteiger partial charge is 0.405 e. The maximum atomic E-state index is 5.06. The van der Waals surface area contributed by atoms with Crippen molar-refractivity contribution < 1.29 is 0 Å². The standard InChI is InChI=1S/C6H11N/c1-3-6(2)4-5-7/h4-5H,2-3,7H2,1H3/b5-4+. The van der Waals surface area contributed by atoms with Crippen molar-refractivity contribution in [2.24, 2.45) is 5.73 Å². The Morgan fingerprint density at radius 2 is 2.43 bits per heavy atom. The van der Waals surface area contributed by atoms with E-state index in [9.17, 15) is 0 Å². The van der Waals surface area contributed by atoms with Gasteiger partial charge in [0.15, 0.2) is 0 Å². The first-order chi connectivity index (χ1) is 3.31. The summed E-state index contributed by atoms with van der Waals surface area (Å²) in [7, 11) is 0. The van der Waals surface area contributed by atoms with Gasteiger partial charge in [0, 0.05) is 0 Å². The van der Waals surface area contributed by atoms with E-state index in [0.717, 1.165) is 12.0 Å². The molecule has 0 aliphatic rings. The Bertz CT molecular complexity index is 82.2. The fraction of sp³-hybridized carbons (Fsp3) is 0.333. The Balaban J connectivity index is 3.37. The van der Waals surface area contributed by atoms with Gasteiger partial charge in [-0.2, -0.15) is 0 Å². The molecule has 0 saturated carbocycles. The van der Waals surface area contributed by atoms with Crippen LogP contribution in [0, 0.1) is 0 Å². The molecule has 0 atom stereocenters. The van der Waals surface area contributed by atoms with Crippen LogP contribution in [0.3, 0.4) is 0 Å². The molecule has 0 aliphatic heterocycles. The van der Waals surface area contributed by atoms with Crippen molar-refractivity contribution in [3.05, 3.63) is 24.4 Å².